The average molecular weight is 582 g/mol. The summed E-state index contributed by atoms with van der Waals surface area (Å²) >= 11 is 0. The van der Waals surface area contributed by atoms with Gasteiger partial charge in [-0.1, -0.05) is 66.7 Å². The third kappa shape index (κ3) is 8.83. The Morgan fingerprint density at radius 3 is 2.19 bits per heavy atom. The van der Waals surface area contributed by atoms with Crippen LogP contribution in [0.2, 0.25) is 0 Å². The molecule has 0 radical (unpaired) electrons. The van der Waals surface area contributed by atoms with E-state index >= 15 is 0 Å². The molecular formula is C35H39N3O5. The van der Waals surface area contributed by atoms with Crippen molar-refractivity contribution in [2.24, 2.45) is 10.9 Å². The number of primary amides is 1. The number of hydrogen-bond acceptors (Lipinski definition) is 7. The number of ether oxygens (including phenoxy) is 1. The molecule has 0 saturated carbocycles. The second-order valence-corrected chi connectivity index (χ2v) is 10.4. The van der Waals surface area contributed by atoms with Crippen LogP contribution < -0.4 is 10.5 Å². The van der Waals surface area contributed by atoms with E-state index in [4.69, 9.17) is 15.3 Å². The number of likely N-dealkylation sites (N-methyl/N-ethyl adjacent to an activating group) is 1. The molecule has 0 aliphatic rings. The molecule has 4 aromatic rings. The summed E-state index contributed by atoms with van der Waals surface area (Å²) in [5, 5.41) is 23.5. The van der Waals surface area contributed by atoms with Crippen molar-refractivity contribution in [3.8, 4) is 17.2 Å². The van der Waals surface area contributed by atoms with Crippen LogP contribution in [0.25, 0.3) is 0 Å². The zero-order valence-corrected chi connectivity index (χ0v) is 24.6. The molecule has 4 rings (SSSR count). The van der Waals surface area contributed by atoms with Gasteiger partial charge in [-0.3, -0.25) is 9.69 Å². The zero-order valence-electron chi connectivity index (χ0n) is 24.6. The molecule has 2 unspecified atom stereocenters. The summed E-state index contributed by atoms with van der Waals surface area (Å²) < 4.78 is 6.03. The first-order valence-electron chi connectivity index (χ1n) is 14.4. The van der Waals surface area contributed by atoms with E-state index in [2.05, 4.69) is 53.4 Å². The summed E-state index contributed by atoms with van der Waals surface area (Å²) in [7, 11) is 1.98. The van der Waals surface area contributed by atoms with Crippen molar-refractivity contribution in [3.05, 3.63) is 125 Å². The Labute approximate surface area is 253 Å². The minimum atomic E-state index is -0.708. The number of benzene rings is 4. The van der Waals surface area contributed by atoms with E-state index in [9.17, 15) is 15.0 Å². The first-order valence-corrected chi connectivity index (χ1v) is 14.4. The van der Waals surface area contributed by atoms with E-state index in [-0.39, 0.29) is 28.9 Å². The van der Waals surface area contributed by atoms with Crippen LogP contribution in [0.5, 0.6) is 17.2 Å². The number of phenolic OH excluding ortho intramolecular Hbond substituents is 1. The van der Waals surface area contributed by atoms with Gasteiger partial charge in [0.15, 0.2) is 0 Å². The van der Waals surface area contributed by atoms with Crippen molar-refractivity contribution in [1.82, 2.24) is 4.90 Å². The Morgan fingerprint density at radius 2 is 1.53 bits per heavy atom. The van der Waals surface area contributed by atoms with Crippen molar-refractivity contribution in [2.45, 2.75) is 25.2 Å². The number of aromatic hydroxyl groups is 2. The Hall–Kier alpha value is -4.82. The standard InChI is InChI=1S/C35H39N3O5/c1-3-31(26-7-5-4-6-8-26)34(27-10-14-29(39)15-11-27)28-12-16-30(17-13-28)42-21-19-38(2)20-22-43-37-24-25-9-18-33(40)32(23-25)35(36)41/h4-18,23-24,31,34,39-40H,3,19-22H2,1-2H3,(H2,36,41)/b37-24+. The smallest absolute Gasteiger partial charge is 0.252 e. The summed E-state index contributed by atoms with van der Waals surface area (Å²) in [6.45, 7) is 4.46. The molecule has 0 aromatic heterocycles. The first kappa shape index (κ1) is 31.1. The molecule has 0 heterocycles. The lowest BCUT2D eigenvalue weighted by atomic mass is 9.76. The van der Waals surface area contributed by atoms with Crippen molar-refractivity contribution in [2.75, 3.05) is 33.4 Å². The molecule has 8 heteroatoms. The van der Waals surface area contributed by atoms with Gasteiger partial charge < -0.3 is 25.5 Å². The summed E-state index contributed by atoms with van der Waals surface area (Å²) in [4.78, 5) is 18.8. The number of carbonyl (C=O) groups is 1. The Balaban J connectivity index is 1.28. The van der Waals surface area contributed by atoms with Gasteiger partial charge in [0, 0.05) is 19.0 Å². The molecular weight excluding hydrogens is 542 g/mol. The van der Waals surface area contributed by atoms with E-state index < -0.39 is 5.91 Å². The molecule has 0 fully saturated rings. The maximum Gasteiger partial charge on any atom is 0.252 e. The molecule has 0 aliphatic carbocycles. The molecule has 8 nitrogen and oxygen atoms in total. The molecule has 1 amide bonds. The lowest BCUT2D eigenvalue weighted by Crippen LogP contribution is -2.27. The van der Waals surface area contributed by atoms with Crippen LogP contribution in [0.1, 0.15) is 57.8 Å². The maximum atomic E-state index is 11.4. The molecule has 4 aromatic carbocycles. The van der Waals surface area contributed by atoms with Gasteiger partial charge >= 0.3 is 0 Å². The molecule has 4 N–H and O–H groups in total. The monoisotopic (exact) mass is 581 g/mol. The van der Waals surface area contributed by atoms with Gasteiger partial charge in [0.2, 0.25) is 0 Å². The lowest BCUT2D eigenvalue weighted by molar-refractivity contribution is 0.0997. The fourth-order valence-electron chi connectivity index (χ4n) is 5.08. The maximum absolute atomic E-state index is 11.4. The van der Waals surface area contributed by atoms with Gasteiger partial charge in [-0.25, -0.2) is 0 Å². The number of carbonyl (C=O) groups excluding carboxylic acids is 1. The highest BCUT2D eigenvalue weighted by Gasteiger charge is 2.25. The van der Waals surface area contributed by atoms with E-state index in [0.717, 1.165) is 17.7 Å². The van der Waals surface area contributed by atoms with Crippen LogP contribution in [-0.2, 0) is 4.84 Å². The van der Waals surface area contributed by atoms with Crippen molar-refractivity contribution in [3.63, 3.8) is 0 Å². The van der Waals surface area contributed by atoms with Gasteiger partial charge in [0.05, 0.1) is 11.8 Å². The average Bonchev–Trinajstić information content (AvgIpc) is 3.02. The topological polar surface area (TPSA) is 118 Å². The summed E-state index contributed by atoms with van der Waals surface area (Å²) in [6, 6.07) is 30.9. The number of nitrogens with two attached hydrogens (primary N) is 1. The largest absolute Gasteiger partial charge is 0.508 e. The van der Waals surface area contributed by atoms with Crippen LogP contribution in [0.4, 0.5) is 0 Å². The van der Waals surface area contributed by atoms with E-state index in [1.807, 2.05) is 37.4 Å². The Morgan fingerprint density at radius 1 is 0.884 bits per heavy atom. The number of amides is 1. The van der Waals surface area contributed by atoms with Crippen LogP contribution in [0.3, 0.4) is 0 Å². The third-order valence-corrected chi connectivity index (χ3v) is 7.43. The fourth-order valence-corrected chi connectivity index (χ4v) is 5.08. The van der Waals surface area contributed by atoms with Crippen LogP contribution in [0, 0.1) is 0 Å². The van der Waals surface area contributed by atoms with Crippen molar-refractivity contribution < 1.29 is 24.6 Å². The van der Waals surface area contributed by atoms with Gasteiger partial charge in [-0.2, -0.15) is 0 Å². The van der Waals surface area contributed by atoms with Gasteiger partial charge in [-0.15, -0.1) is 0 Å². The molecule has 2 atom stereocenters. The predicted molar refractivity (Wildman–Crippen MR) is 169 cm³/mol. The quantitative estimate of drug-likeness (QED) is 0.0917. The predicted octanol–water partition coefficient (Wildman–Crippen LogP) is 5.88. The van der Waals surface area contributed by atoms with E-state index in [0.29, 0.717) is 31.9 Å². The van der Waals surface area contributed by atoms with Gasteiger partial charge in [0.25, 0.3) is 5.91 Å². The highest BCUT2D eigenvalue weighted by atomic mass is 16.6. The second-order valence-electron chi connectivity index (χ2n) is 10.4. The molecule has 0 aliphatic heterocycles. The second kappa shape index (κ2) is 15.4. The van der Waals surface area contributed by atoms with Gasteiger partial charge in [-0.05, 0) is 84.1 Å². The highest BCUT2D eigenvalue weighted by Crippen LogP contribution is 2.41. The molecule has 0 spiro atoms. The molecule has 43 heavy (non-hydrogen) atoms. The number of nitrogens with zero attached hydrogens (tertiary/aromatic N) is 2. The van der Waals surface area contributed by atoms with Crippen molar-refractivity contribution >= 4 is 12.1 Å². The highest BCUT2D eigenvalue weighted by molar-refractivity contribution is 5.97. The normalized spacial score (nSPS) is 12.7. The number of hydrogen-bond donors (Lipinski definition) is 3. The lowest BCUT2D eigenvalue weighted by Gasteiger charge is -2.28. The zero-order chi connectivity index (χ0) is 30.6. The van der Waals surface area contributed by atoms with Crippen LogP contribution in [0.15, 0.2) is 102 Å². The minimum Gasteiger partial charge on any atom is -0.508 e. The third-order valence-electron chi connectivity index (χ3n) is 7.43. The SMILES string of the molecule is CCC(c1ccccc1)C(c1ccc(O)cc1)c1ccc(OCCN(C)CCO/N=C/c2ccc(O)c(C(N)=O)c2)cc1. The van der Waals surface area contributed by atoms with E-state index in [1.54, 1.807) is 18.2 Å². The summed E-state index contributed by atoms with van der Waals surface area (Å²) in [6.07, 6.45) is 2.44. The number of phenols is 2. The Bertz CT molecular complexity index is 1470. The minimum absolute atomic E-state index is 0.0350. The summed E-state index contributed by atoms with van der Waals surface area (Å²) in [5.41, 5.74) is 9.53. The molecule has 0 saturated heterocycles. The molecule has 224 valence electrons. The first-order chi connectivity index (χ1) is 20.9. The van der Waals surface area contributed by atoms with Gasteiger partial charge in [0.1, 0.15) is 30.5 Å². The van der Waals surface area contributed by atoms with Crippen LogP contribution >= 0.6 is 0 Å². The van der Waals surface area contributed by atoms with Crippen LogP contribution in [-0.4, -0.2) is 60.6 Å². The number of oxime groups is 1. The van der Waals surface area contributed by atoms with Crippen molar-refractivity contribution in [1.29, 1.82) is 0 Å². The number of rotatable bonds is 15. The molecule has 0 bridgehead atoms. The van der Waals surface area contributed by atoms with E-state index in [1.165, 1.54) is 29.5 Å². The fraction of sp³-hybridized carbons (Fsp3) is 0.257. The summed E-state index contributed by atoms with van der Waals surface area (Å²) in [5.74, 6) is 0.607. The Kier molecular flexibility index (Phi) is 11.2.